The zero-order valence-electron chi connectivity index (χ0n) is 18.8. The van der Waals surface area contributed by atoms with E-state index in [0.717, 1.165) is 69.4 Å². The molecule has 8 nitrogen and oxygen atoms in total. The minimum Gasteiger partial charge on any atom is -0.375 e. The predicted octanol–water partition coefficient (Wildman–Crippen LogP) is 1.76. The van der Waals surface area contributed by atoms with E-state index in [2.05, 4.69) is 38.5 Å². The third kappa shape index (κ3) is 5.67. The maximum atomic E-state index is 12.7. The summed E-state index contributed by atoms with van der Waals surface area (Å²) >= 11 is 0. The van der Waals surface area contributed by atoms with E-state index in [4.69, 9.17) is 4.74 Å². The molecular formula is C23H36N6O2. The zero-order chi connectivity index (χ0) is 21.6. The van der Waals surface area contributed by atoms with Crippen molar-refractivity contribution in [3.8, 4) is 0 Å². The monoisotopic (exact) mass is 428 g/mol. The third-order valence-corrected chi connectivity index (χ3v) is 6.60. The number of carbonyl (C=O) groups excluding carboxylic acids is 1. The van der Waals surface area contributed by atoms with Crippen molar-refractivity contribution in [2.24, 2.45) is 10.9 Å². The summed E-state index contributed by atoms with van der Waals surface area (Å²) in [7, 11) is 1.79. The highest BCUT2D eigenvalue weighted by Crippen LogP contribution is 2.27. The van der Waals surface area contributed by atoms with Gasteiger partial charge in [-0.15, -0.1) is 0 Å². The molecule has 8 heteroatoms. The van der Waals surface area contributed by atoms with Crippen molar-refractivity contribution in [2.75, 3.05) is 44.7 Å². The number of ether oxygens (including phenoxy) is 1. The second-order valence-corrected chi connectivity index (χ2v) is 8.97. The van der Waals surface area contributed by atoms with Crippen molar-refractivity contribution in [1.82, 2.24) is 20.5 Å². The summed E-state index contributed by atoms with van der Waals surface area (Å²) in [5, 5.41) is 6.91. The average Bonchev–Trinajstić information content (AvgIpc) is 3.49. The SMILES string of the molecule is CN=C(NCc1ccnc(N2CCOC(C)C2)c1)NC1CCN(C(=O)C2CCCC2)C1. The average molecular weight is 429 g/mol. The summed E-state index contributed by atoms with van der Waals surface area (Å²) < 4.78 is 5.64. The molecule has 170 valence electrons. The molecule has 1 amide bonds. The van der Waals surface area contributed by atoms with Gasteiger partial charge in [0.15, 0.2) is 5.96 Å². The molecule has 1 aliphatic carbocycles. The number of aliphatic imine (C=N–C) groups is 1. The number of hydrogen-bond donors (Lipinski definition) is 2. The Balaban J connectivity index is 1.26. The largest absolute Gasteiger partial charge is 0.375 e. The molecule has 2 N–H and O–H groups in total. The van der Waals surface area contributed by atoms with E-state index in [1.807, 2.05) is 17.2 Å². The zero-order valence-corrected chi connectivity index (χ0v) is 18.8. The molecule has 2 atom stereocenters. The molecular weight excluding hydrogens is 392 g/mol. The van der Waals surface area contributed by atoms with Crippen LogP contribution in [0.1, 0.15) is 44.6 Å². The Morgan fingerprint density at radius 1 is 1.26 bits per heavy atom. The lowest BCUT2D eigenvalue weighted by molar-refractivity contribution is -0.134. The van der Waals surface area contributed by atoms with Crippen LogP contribution in [-0.2, 0) is 16.1 Å². The lowest BCUT2D eigenvalue weighted by atomic mass is 10.1. The van der Waals surface area contributed by atoms with Gasteiger partial charge in [0, 0.05) is 57.9 Å². The first-order valence-electron chi connectivity index (χ1n) is 11.7. The highest BCUT2D eigenvalue weighted by atomic mass is 16.5. The Morgan fingerprint density at radius 2 is 2.10 bits per heavy atom. The molecule has 31 heavy (non-hydrogen) atoms. The summed E-state index contributed by atoms with van der Waals surface area (Å²) in [6, 6.07) is 4.42. The van der Waals surface area contributed by atoms with Gasteiger partial charge in [0.1, 0.15) is 5.82 Å². The van der Waals surface area contributed by atoms with Gasteiger partial charge in [-0.2, -0.15) is 0 Å². The molecule has 3 aliphatic rings. The Labute approximate surface area is 185 Å². The van der Waals surface area contributed by atoms with Crippen LogP contribution in [0.15, 0.2) is 23.3 Å². The molecule has 2 unspecified atom stereocenters. The summed E-state index contributed by atoms with van der Waals surface area (Å²) in [6.45, 7) is 6.86. The Morgan fingerprint density at radius 3 is 2.87 bits per heavy atom. The Hall–Kier alpha value is -2.35. The molecule has 1 aromatic rings. The molecule has 3 heterocycles. The van der Waals surface area contributed by atoms with E-state index in [1.54, 1.807) is 7.05 Å². The van der Waals surface area contributed by atoms with Crippen LogP contribution in [0.5, 0.6) is 0 Å². The van der Waals surface area contributed by atoms with Gasteiger partial charge in [-0.3, -0.25) is 9.79 Å². The number of rotatable bonds is 5. The van der Waals surface area contributed by atoms with Gasteiger partial charge in [0.05, 0.1) is 12.7 Å². The normalized spacial score (nSPS) is 25.2. The number of carbonyl (C=O) groups is 1. The van der Waals surface area contributed by atoms with Crippen LogP contribution < -0.4 is 15.5 Å². The summed E-state index contributed by atoms with van der Waals surface area (Å²) in [5.41, 5.74) is 1.16. The smallest absolute Gasteiger partial charge is 0.225 e. The second-order valence-electron chi connectivity index (χ2n) is 8.97. The van der Waals surface area contributed by atoms with E-state index in [1.165, 1.54) is 12.8 Å². The first kappa shape index (κ1) is 21.9. The van der Waals surface area contributed by atoms with Gasteiger partial charge in [-0.05, 0) is 43.9 Å². The number of aromatic nitrogens is 1. The fourth-order valence-corrected chi connectivity index (χ4v) is 4.85. The van der Waals surface area contributed by atoms with Crippen LogP contribution in [0, 0.1) is 5.92 Å². The fraction of sp³-hybridized carbons (Fsp3) is 0.696. The molecule has 0 radical (unpaired) electrons. The Bertz CT molecular complexity index is 779. The van der Waals surface area contributed by atoms with E-state index in [9.17, 15) is 4.79 Å². The van der Waals surface area contributed by atoms with E-state index >= 15 is 0 Å². The third-order valence-electron chi connectivity index (χ3n) is 6.60. The highest BCUT2D eigenvalue weighted by molar-refractivity contribution is 5.81. The van der Waals surface area contributed by atoms with Gasteiger partial charge in [0.2, 0.25) is 5.91 Å². The van der Waals surface area contributed by atoms with Crippen molar-refractivity contribution < 1.29 is 9.53 Å². The van der Waals surface area contributed by atoms with Gasteiger partial charge in [-0.1, -0.05) is 12.8 Å². The number of likely N-dealkylation sites (tertiary alicyclic amines) is 1. The molecule has 4 rings (SSSR count). The molecule has 0 spiro atoms. The van der Waals surface area contributed by atoms with Crippen LogP contribution in [0.25, 0.3) is 0 Å². The lowest BCUT2D eigenvalue weighted by Crippen LogP contribution is -2.45. The van der Waals surface area contributed by atoms with E-state index in [0.29, 0.717) is 12.5 Å². The van der Waals surface area contributed by atoms with Gasteiger partial charge in [0.25, 0.3) is 0 Å². The van der Waals surface area contributed by atoms with Gasteiger partial charge in [-0.25, -0.2) is 4.98 Å². The van der Waals surface area contributed by atoms with Crippen LogP contribution in [0.2, 0.25) is 0 Å². The van der Waals surface area contributed by atoms with E-state index in [-0.39, 0.29) is 18.1 Å². The number of guanidine groups is 1. The number of amides is 1. The number of morpholine rings is 1. The first-order chi connectivity index (χ1) is 15.1. The first-order valence-corrected chi connectivity index (χ1v) is 11.7. The van der Waals surface area contributed by atoms with Gasteiger partial charge >= 0.3 is 0 Å². The van der Waals surface area contributed by atoms with Crippen molar-refractivity contribution in [1.29, 1.82) is 0 Å². The molecule has 1 aromatic heterocycles. The molecule has 2 aliphatic heterocycles. The summed E-state index contributed by atoms with van der Waals surface area (Å²) in [5.74, 6) is 2.38. The molecule has 0 aromatic carbocycles. The summed E-state index contributed by atoms with van der Waals surface area (Å²) in [6.07, 6.45) is 7.59. The Kier molecular flexibility index (Phi) is 7.27. The van der Waals surface area contributed by atoms with Crippen molar-refractivity contribution in [3.05, 3.63) is 23.9 Å². The molecule has 3 fully saturated rings. The second kappa shape index (κ2) is 10.3. The van der Waals surface area contributed by atoms with Crippen LogP contribution in [0.3, 0.4) is 0 Å². The lowest BCUT2D eigenvalue weighted by Gasteiger charge is -2.32. The van der Waals surface area contributed by atoms with Crippen molar-refractivity contribution in [2.45, 2.75) is 57.7 Å². The standard InChI is InChI=1S/C23H36N6O2/c1-17-15-28(11-12-31-17)21-13-18(7-9-25-21)14-26-23(24-2)27-20-8-10-29(16-20)22(30)19-5-3-4-6-19/h7,9,13,17,19-20H,3-6,8,10-12,14-16H2,1-2H3,(H2,24,26,27). The highest BCUT2D eigenvalue weighted by Gasteiger charge is 2.32. The topological polar surface area (TPSA) is 82.1 Å². The van der Waals surface area contributed by atoms with Crippen molar-refractivity contribution in [3.63, 3.8) is 0 Å². The number of anilines is 1. The molecule has 1 saturated carbocycles. The predicted molar refractivity (Wildman–Crippen MR) is 122 cm³/mol. The fourth-order valence-electron chi connectivity index (χ4n) is 4.85. The molecule has 0 bridgehead atoms. The number of nitrogens with one attached hydrogen (secondary N) is 2. The van der Waals surface area contributed by atoms with Crippen LogP contribution in [0.4, 0.5) is 5.82 Å². The maximum Gasteiger partial charge on any atom is 0.225 e. The number of hydrogen-bond acceptors (Lipinski definition) is 5. The van der Waals surface area contributed by atoms with E-state index < -0.39 is 0 Å². The van der Waals surface area contributed by atoms with Gasteiger partial charge < -0.3 is 25.2 Å². The minimum absolute atomic E-state index is 0.229. The maximum absolute atomic E-state index is 12.7. The van der Waals surface area contributed by atoms with Crippen LogP contribution >= 0.6 is 0 Å². The molecule has 2 saturated heterocycles. The number of nitrogens with zero attached hydrogens (tertiary/aromatic N) is 4. The van der Waals surface area contributed by atoms with Crippen LogP contribution in [-0.4, -0.2) is 73.7 Å². The minimum atomic E-state index is 0.229. The quantitative estimate of drug-likeness (QED) is 0.549. The summed E-state index contributed by atoms with van der Waals surface area (Å²) in [4.78, 5) is 25.9. The number of pyridine rings is 1. The van der Waals surface area contributed by atoms with Crippen molar-refractivity contribution >= 4 is 17.7 Å².